The van der Waals surface area contributed by atoms with Gasteiger partial charge in [0.2, 0.25) is 0 Å². The first-order valence-corrected chi connectivity index (χ1v) is 6.58. The fraction of sp³-hybridized carbons (Fsp3) is 0.500. The molecule has 5 heteroatoms. The normalized spacial score (nSPS) is 21.6. The summed E-state index contributed by atoms with van der Waals surface area (Å²) in [6.45, 7) is 5.54. The summed E-state index contributed by atoms with van der Waals surface area (Å²) in [5.41, 5.74) is 7.56. The predicted octanol–water partition coefficient (Wildman–Crippen LogP) is 1.72. The molecule has 0 aromatic heterocycles. The number of nitrogens with zero attached hydrogens (tertiary/aromatic N) is 1. The Morgan fingerprint density at radius 1 is 1.53 bits per heavy atom. The third-order valence-corrected chi connectivity index (χ3v) is 3.25. The van der Waals surface area contributed by atoms with Gasteiger partial charge in [0.1, 0.15) is 0 Å². The Morgan fingerprint density at radius 3 is 2.79 bits per heavy atom. The summed E-state index contributed by atoms with van der Waals surface area (Å²) in [5, 5.41) is 0. The summed E-state index contributed by atoms with van der Waals surface area (Å²) >= 11 is 0. The van der Waals surface area contributed by atoms with Crippen molar-refractivity contribution in [1.29, 1.82) is 0 Å². The van der Waals surface area contributed by atoms with Crippen LogP contribution < -0.4 is 10.6 Å². The van der Waals surface area contributed by atoms with Crippen LogP contribution in [0.5, 0.6) is 0 Å². The zero-order valence-electron chi connectivity index (χ0n) is 11.4. The van der Waals surface area contributed by atoms with E-state index in [4.69, 9.17) is 15.2 Å². The number of benzene rings is 1. The highest BCUT2D eigenvalue weighted by molar-refractivity contribution is 5.90. The molecule has 1 heterocycles. The highest BCUT2D eigenvalue weighted by Crippen LogP contribution is 2.30. The van der Waals surface area contributed by atoms with E-state index in [1.54, 1.807) is 19.1 Å². The topological polar surface area (TPSA) is 64.8 Å². The summed E-state index contributed by atoms with van der Waals surface area (Å²) in [6.07, 6.45) is 0.782. The summed E-state index contributed by atoms with van der Waals surface area (Å²) in [6, 6.07) is 7.27. The van der Waals surface area contributed by atoms with Crippen molar-refractivity contribution in [2.75, 3.05) is 24.7 Å². The molecule has 104 valence electrons. The lowest BCUT2D eigenvalue weighted by Gasteiger charge is -2.47. The van der Waals surface area contributed by atoms with Crippen LogP contribution in [0.2, 0.25) is 0 Å². The van der Waals surface area contributed by atoms with E-state index in [2.05, 4.69) is 0 Å². The lowest BCUT2D eigenvalue weighted by atomic mass is 10.1. The van der Waals surface area contributed by atoms with E-state index in [1.165, 1.54) is 0 Å². The lowest BCUT2D eigenvalue weighted by Crippen LogP contribution is -2.64. The summed E-state index contributed by atoms with van der Waals surface area (Å²) < 4.78 is 10.5. The average Bonchev–Trinajstić information content (AvgIpc) is 2.38. The second-order valence-corrected chi connectivity index (χ2v) is 4.46. The fourth-order valence-electron chi connectivity index (χ4n) is 2.21. The molecule has 1 aliphatic heterocycles. The molecule has 19 heavy (non-hydrogen) atoms. The van der Waals surface area contributed by atoms with Crippen molar-refractivity contribution in [3.8, 4) is 0 Å². The molecule has 5 nitrogen and oxygen atoms in total. The van der Waals surface area contributed by atoms with Gasteiger partial charge in [0.25, 0.3) is 0 Å². The minimum absolute atomic E-state index is 0.319. The van der Waals surface area contributed by atoms with Crippen LogP contribution in [-0.2, 0) is 9.47 Å². The van der Waals surface area contributed by atoms with Crippen LogP contribution in [0.15, 0.2) is 24.3 Å². The third kappa shape index (κ3) is 2.72. The Morgan fingerprint density at radius 2 is 2.26 bits per heavy atom. The van der Waals surface area contributed by atoms with Crippen LogP contribution in [-0.4, -0.2) is 31.6 Å². The Kier molecular flexibility index (Phi) is 4.07. The molecule has 1 fully saturated rings. The van der Waals surface area contributed by atoms with Crippen molar-refractivity contribution < 1.29 is 14.3 Å². The summed E-state index contributed by atoms with van der Waals surface area (Å²) in [5.74, 6) is -1.07. The minimum atomic E-state index is -0.748. The van der Waals surface area contributed by atoms with E-state index in [-0.39, 0.29) is 5.97 Å². The van der Waals surface area contributed by atoms with Crippen LogP contribution in [0.25, 0.3) is 0 Å². The molecule has 1 aliphatic rings. The molecule has 0 radical (unpaired) electrons. The lowest BCUT2D eigenvalue weighted by molar-refractivity contribution is -0.142. The molecule has 2 rings (SSSR count). The Hall–Kier alpha value is -1.59. The molecule has 1 aromatic rings. The molecule has 0 saturated carbocycles. The first kappa shape index (κ1) is 13.8. The summed E-state index contributed by atoms with van der Waals surface area (Å²) in [4.78, 5) is 13.7. The largest absolute Gasteiger partial charge is 0.462 e. The maximum Gasteiger partial charge on any atom is 0.338 e. The number of hydrogen-bond donors (Lipinski definition) is 1. The predicted molar refractivity (Wildman–Crippen MR) is 72.9 cm³/mol. The Bertz CT molecular complexity index is 458. The van der Waals surface area contributed by atoms with Crippen molar-refractivity contribution in [3.05, 3.63) is 29.8 Å². The van der Waals surface area contributed by atoms with Crippen molar-refractivity contribution in [2.45, 2.75) is 26.1 Å². The number of carbonyl (C=O) groups excluding carboxylic acids is 1. The first-order valence-electron chi connectivity index (χ1n) is 6.58. The molecule has 0 aliphatic carbocycles. The van der Waals surface area contributed by atoms with Crippen LogP contribution in [0.1, 0.15) is 30.6 Å². The number of anilines is 1. The van der Waals surface area contributed by atoms with Gasteiger partial charge in [-0.1, -0.05) is 6.07 Å². The molecule has 2 N–H and O–H groups in total. The SMILES string of the molecule is CCOC(=O)c1cccc(N(CC)[C@@]2(N)CCO2)c1. The Labute approximate surface area is 113 Å². The number of nitrogens with two attached hydrogens (primary N) is 1. The van der Waals surface area contributed by atoms with Gasteiger partial charge in [-0.25, -0.2) is 4.79 Å². The van der Waals surface area contributed by atoms with Gasteiger partial charge in [-0.05, 0) is 32.0 Å². The standard InChI is InChI=1S/C14H20N2O3/c1-3-16(14(15)8-9-19-14)12-7-5-6-11(10-12)13(17)18-4-2/h5-7,10H,3-4,8-9,15H2,1-2H3/t14-/m0/s1. The highest BCUT2D eigenvalue weighted by atomic mass is 16.6. The highest BCUT2D eigenvalue weighted by Gasteiger charge is 2.40. The van der Waals surface area contributed by atoms with E-state index in [0.717, 1.165) is 12.1 Å². The first-order chi connectivity index (χ1) is 9.10. The third-order valence-electron chi connectivity index (χ3n) is 3.25. The zero-order valence-corrected chi connectivity index (χ0v) is 11.4. The number of carbonyl (C=O) groups is 1. The van der Waals surface area contributed by atoms with E-state index in [0.29, 0.717) is 25.3 Å². The van der Waals surface area contributed by atoms with Gasteiger partial charge < -0.3 is 14.4 Å². The number of hydrogen-bond acceptors (Lipinski definition) is 5. The van der Waals surface area contributed by atoms with Crippen molar-refractivity contribution in [3.63, 3.8) is 0 Å². The van der Waals surface area contributed by atoms with Crippen molar-refractivity contribution in [2.24, 2.45) is 5.73 Å². The maximum absolute atomic E-state index is 11.7. The van der Waals surface area contributed by atoms with Gasteiger partial charge in [0, 0.05) is 18.7 Å². The molecule has 0 bridgehead atoms. The number of rotatable bonds is 5. The van der Waals surface area contributed by atoms with E-state index in [9.17, 15) is 4.79 Å². The van der Waals surface area contributed by atoms with Gasteiger partial charge in [0.05, 0.1) is 18.8 Å². The second kappa shape index (κ2) is 5.59. The molecular weight excluding hydrogens is 244 g/mol. The molecule has 1 saturated heterocycles. The number of ether oxygens (including phenoxy) is 2. The maximum atomic E-state index is 11.7. The molecule has 1 atom stereocenters. The Balaban J connectivity index is 2.24. The van der Waals surface area contributed by atoms with Gasteiger partial charge in [0.15, 0.2) is 5.85 Å². The fourth-order valence-corrected chi connectivity index (χ4v) is 2.21. The van der Waals surface area contributed by atoms with Crippen LogP contribution in [0, 0.1) is 0 Å². The van der Waals surface area contributed by atoms with Crippen LogP contribution >= 0.6 is 0 Å². The molecular formula is C14H20N2O3. The average molecular weight is 264 g/mol. The molecule has 0 unspecified atom stereocenters. The molecule has 1 aromatic carbocycles. The monoisotopic (exact) mass is 264 g/mol. The van der Waals surface area contributed by atoms with E-state index < -0.39 is 5.85 Å². The van der Waals surface area contributed by atoms with Gasteiger partial charge in [-0.15, -0.1) is 0 Å². The van der Waals surface area contributed by atoms with Gasteiger partial charge in [-0.2, -0.15) is 0 Å². The van der Waals surface area contributed by atoms with Gasteiger partial charge in [-0.3, -0.25) is 5.73 Å². The second-order valence-electron chi connectivity index (χ2n) is 4.46. The van der Waals surface area contributed by atoms with E-state index >= 15 is 0 Å². The molecule has 0 spiro atoms. The van der Waals surface area contributed by atoms with Crippen LogP contribution in [0.4, 0.5) is 5.69 Å². The zero-order chi connectivity index (χ0) is 13.9. The quantitative estimate of drug-likeness (QED) is 0.648. The van der Waals surface area contributed by atoms with Gasteiger partial charge >= 0.3 is 5.97 Å². The van der Waals surface area contributed by atoms with E-state index in [1.807, 2.05) is 24.0 Å². The number of esters is 1. The van der Waals surface area contributed by atoms with Crippen LogP contribution in [0.3, 0.4) is 0 Å². The molecule has 0 amide bonds. The smallest absolute Gasteiger partial charge is 0.338 e. The summed E-state index contributed by atoms with van der Waals surface area (Å²) in [7, 11) is 0. The minimum Gasteiger partial charge on any atom is -0.462 e. The van der Waals surface area contributed by atoms with Crippen molar-refractivity contribution >= 4 is 11.7 Å². The van der Waals surface area contributed by atoms with Crippen molar-refractivity contribution in [1.82, 2.24) is 0 Å².